The summed E-state index contributed by atoms with van der Waals surface area (Å²) in [7, 11) is 0. The van der Waals surface area contributed by atoms with Crippen molar-refractivity contribution in [2.45, 2.75) is 39.5 Å². The van der Waals surface area contributed by atoms with E-state index in [1.807, 2.05) is 0 Å². The van der Waals surface area contributed by atoms with E-state index in [0.717, 1.165) is 38.8 Å². The van der Waals surface area contributed by atoms with E-state index in [1.54, 1.807) is 5.06 Å². The quantitative estimate of drug-likeness (QED) is 0.415. The molecule has 0 rings (SSSR count). The molecule has 0 unspecified atom stereocenters. The Bertz CT molecular complexity index is 98.7. The van der Waals surface area contributed by atoms with E-state index in [0.29, 0.717) is 6.47 Å². The van der Waals surface area contributed by atoms with Crippen LogP contribution in [0.5, 0.6) is 0 Å². The Morgan fingerprint density at radius 3 is 2.00 bits per heavy atom. The standard InChI is InChI=1S/C9H19NO2/c1-3-5-7-10(12-9-11)8-6-4-2/h9H,3-8H2,1-2H3. The zero-order valence-corrected chi connectivity index (χ0v) is 8.08. The van der Waals surface area contributed by atoms with Gasteiger partial charge in [0, 0.05) is 13.1 Å². The Balaban J connectivity index is 3.46. The smallest absolute Gasteiger partial charge is 0.312 e. The number of hydrogen-bond donors (Lipinski definition) is 0. The number of hydrogen-bond acceptors (Lipinski definition) is 3. The Labute approximate surface area is 74.6 Å². The Kier molecular flexibility index (Phi) is 8.12. The van der Waals surface area contributed by atoms with Crippen LogP contribution in [0.3, 0.4) is 0 Å². The molecule has 0 aliphatic rings. The summed E-state index contributed by atoms with van der Waals surface area (Å²) >= 11 is 0. The maximum atomic E-state index is 10.1. The van der Waals surface area contributed by atoms with Gasteiger partial charge in [0.2, 0.25) is 0 Å². The molecule has 0 aliphatic heterocycles. The molecule has 0 fully saturated rings. The van der Waals surface area contributed by atoms with Gasteiger partial charge >= 0.3 is 6.47 Å². The zero-order valence-electron chi connectivity index (χ0n) is 8.08. The van der Waals surface area contributed by atoms with Crippen LogP contribution in [0.1, 0.15) is 39.5 Å². The first-order valence-electron chi connectivity index (χ1n) is 4.70. The van der Waals surface area contributed by atoms with Gasteiger partial charge in [0.1, 0.15) is 0 Å². The molecule has 0 aromatic carbocycles. The highest BCUT2D eigenvalue weighted by atomic mass is 16.7. The van der Waals surface area contributed by atoms with E-state index in [2.05, 4.69) is 13.8 Å². The molecule has 0 heterocycles. The van der Waals surface area contributed by atoms with Gasteiger partial charge in [-0.15, -0.1) is 5.06 Å². The lowest BCUT2D eigenvalue weighted by atomic mass is 10.3. The second-order valence-electron chi connectivity index (χ2n) is 2.84. The van der Waals surface area contributed by atoms with Crippen molar-refractivity contribution in [3.63, 3.8) is 0 Å². The second kappa shape index (κ2) is 8.53. The molecule has 0 spiro atoms. The van der Waals surface area contributed by atoms with E-state index in [1.165, 1.54) is 0 Å². The minimum atomic E-state index is 0.505. The van der Waals surface area contributed by atoms with Crippen LogP contribution < -0.4 is 0 Å². The van der Waals surface area contributed by atoms with Gasteiger partial charge in [-0.2, -0.15) is 0 Å². The first kappa shape index (κ1) is 11.4. The SMILES string of the molecule is CCCCN(CCCC)OC=O. The number of unbranched alkanes of at least 4 members (excludes halogenated alkanes) is 2. The Morgan fingerprint density at radius 2 is 1.67 bits per heavy atom. The van der Waals surface area contributed by atoms with E-state index >= 15 is 0 Å². The number of rotatable bonds is 8. The van der Waals surface area contributed by atoms with E-state index in [9.17, 15) is 4.79 Å². The average molecular weight is 173 g/mol. The van der Waals surface area contributed by atoms with Crippen molar-refractivity contribution in [2.75, 3.05) is 13.1 Å². The molecule has 0 atom stereocenters. The minimum Gasteiger partial charge on any atom is -0.371 e. The van der Waals surface area contributed by atoms with Crippen molar-refractivity contribution in [3.05, 3.63) is 0 Å². The molecule has 3 heteroatoms. The third-order valence-corrected chi connectivity index (χ3v) is 1.71. The van der Waals surface area contributed by atoms with Crippen molar-refractivity contribution in [1.29, 1.82) is 0 Å². The Hall–Kier alpha value is -0.570. The molecule has 0 aliphatic carbocycles. The monoisotopic (exact) mass is 173 g/mol. The van der Waals surface area contributed by atoms with Gasteiger partial charge in [-0.1, -0.05) is 26.7 Å². The summed E-state index contributed by atoms with van der Waals surface area (Å²) in [5.74, 6) is 0. The highest BCUT2D eigenvalue weighted by Crippen LogP contribution is 1.98. The molecule has 72 valence electrons. The summed E-state index contributed by atoms with van der Waals surface area (Å²) in [6.07, 6.45) is 4.42. The topological polar surface area (TPSA) is 29.5 Å². The number of carbonyl (C=O) groups excluding carboxylic acids is 1. The van der Waals surface area contributed by atoms with E-state index in [4.69, 9.17) is 4.84 Å². The van der Waals surface area contributed by atoms with Gasteiger partial charge in [-0.05, 0) is 12.8 Å². The molecule has 0 bridgehead atoms. The highest BCUT2D eigenvalue weighted by molar-refractivity contribution is 5.36. The molecule has 0 amide bonds. The summed E-state index contributed by atoms with van der Waals surface area (Å²) in [5.41, 5.74) is 0. The van der Waals surface area contributed by atoms with Gasteiger partial charge in [0.25, 0.3) is 0 Å². The predicted molar refractivity (Wildman–Crippen MR) is 48.5 cm³/mol. The van der Waals surface area contributed by atoms with Crippen molar-refractivity contribution >= 4 is 6.47 Å². The van der Waals surface area contributed by atoms with Crippen LogP contribution in [0.25, 0.3) is 0 Å². The molecule has 0 saturated carbocycles. The van der Waals surface area contributed by atoms with Gasteiger partial charge < -0.3 is 4.84 Å². The fraction of sp³-hybridized carbons (Fsp3) is 0.889. The number of hydroxylamine groups is 2. The average Bonchev–Trinajstić information content (AvgIpc) is 2.10. The molecule has 0 aromatic rings. The van der Waals surface area contributed by atoms with Crippen molar-refractivity contribution in [1.82, 2.24) is 5.06 Å². The molecule has 0 radical (unpaired) electrons. The summed E-state index contributed by atoms with van der Waals surface area (Å²) in [5, 5.41) is 1.74. The lowest BCUT2D eigenvalue weighted by Gasteiger charge is -2.17. The predicted octanol–water partition coefficient (Wildman–Crippen LogP) is 1.98. The Morgan fingerprint density at radius 1 is 1.17 bits per heavy atom. The van der Waals surface area contributed by atoms with Gasteiger partial charge in [-0.25, -0.2) is 0 Å². The largest absolute Gasteiger partial charge is 0.371 e. The zero-order chi connectivity index (χ0) is 9.23. The maximum Gasteiger partial charge on any atom is 0.312 e. The number of carbonyl (C=O) groups is 1. The van der Waals surface area contributed by atoms with Gasteiger partial charge in [0.05, 0.1) is 0 Å². The van der Waals surface area contributed by atoms with Crippen molar-refractivity contribution in [3.8, 4) is 0 Å². The first-order chi connectivity index (χ1) is 5.85. The summed E-state index contributed by atoms with van der Waals surface area (Å²) in [6, 6.07) is 0. The van der Waals surface area contributed by atoms with E-state index < -0.39 is 0 Å². The van der Waals surface area contributed by atoms with Crippen LogP contribution in [0.4, 0.5) is 0 Å². The molecular weight excluding hydrogens is 154 g/mol. The summed E-state index contributed by atoms with van der Waals surface area (Å²) in [4.78, 5) is 14.9. The van der Waals surface area contributed by atoms with Crippen LogP contribution in [0.15, 0.2) is 0 Å². The molecule has 0 aromatic heterocycles. The molecule has 0 saturated heterocycles. The number of nitrogens with zero attached hydrogens (tertiary/aromatic N) is 1. The van der Waals surface area contributed by atoms with Crippen LogP contribution in [0.2, 0.25) is 0 Å². The van der Waals surface area contributed by atoms with Gasteiger partial charge in [-0.3, -0.25) is 4.79 Å². The molecule has 12 heavy (non-hydrogen) atoms. The van der Waals surface area contributed by atoms with Crippen LogP contribution >= 0.6 is 0 Å². The van der Waals surface area contributed by atoms with E-state index in [-0.39, 0.29) is 0 Å². The summed E-state index contributed by atoms with van der Waals surface area (Å²) in [6.45, 7) is 6.47. The normalized spacial score (nSPS) is 10.2. The fourth-order valence-corrected chi connectivity index (χ4v) is 0.947. The first-order valence-corrected chi connectivity index (χ1v) is 4.70. The van der Waals surface area contributed by atoms with Crippen molar-refractivity contribution < 1.29 is 9.63 Å². The van der Waals surface area contributed by atoms with Crippen molar-refractivity contribution in [2.24, 2.45) is 0 Å². The highest BCUT2D eigenvalue weighted by Gasteiger charge is 2.02. The molecule has 0 N–H and O–H groups in total. The lowest BCUT2D eigenvalue weighted by molar-refractivity contribution is -0.174. The lowest BCUT2D eigenvalue weighted by Crippen LogP contribution is -2.25. The third-order valence-electron chi connectivity index (χ3n) is 1.71. The third kappa shape index (κ3) is 6.16. The van der Waals surface area contributed by atoms with Gasteiger partial charge in [0.15, 0.2) is 0 Å². The molecule has 3 nitrogen and oxygen atoms in total. The second-order valence-corrected chi connectivity index (χ2v) is 2.84. The van der Waals surface area contributed by atoms with Crippen LogP contribution in [-0.2, 0) is 9.63 Å². The van der Waals surface area contributed by atoms with Crippen LogP contribution in [-0.4, -0.2) is 24.6 Å². The maximum absolute atomic E-state index is 10.1. The minimum absolute atomic E-state index is 0.505. The molecular formula is C9H19NO2. The fourth-order valence-electron chi connectivity index (χ4n) is 0.947. The summed E-state index contributed by atoms with van der Waals surface area (Å²) < 4.78 is 0. The van der Waals surface area contributed by atoms with Crippen LogP contribution in [0, 0.1) is 0 Å².